The van der Waals surface area contributed by atoms with Crippen LogP contribution in [-0.2, 0) is 6.61 Å². The van der Waals surface area contributed by atoms with Gasteiger partial charge in [0.2, 0.25) is 0 Å². The van der Waals surface area contributed by atoms with E-state index in [9.17, 15) is 0 Å². The molecule has 0 N–H and O–H groups in total. The lowest BCUT2D eigenvalue weighted by atomic mass is 10.2. The van der Waals surface area contributed by atoms with Crippen molar-refractivity contribution in [3.05, 3.63) is 59.7 Å². The Bertz CT molecular complexity index is 646. The van der Waals surface area contributed by atoms with Gasteiger partial charge in [-0.1, -0.05) is 42.4 Å². The second kappa shape index (κ2) is 7.71. The van der Waals surface area contributed by atoms with E-state index in [1.54, 1.807) is 24.4 Å². The SMILES string of the molecule is CCC=NOc1cc(OCc2ccccc2)ccc1C#N. The highest BCUT2D eigenvalue weighted by molar-refractivity contribution is 5.56. The number of rotatable bonds is 6. The molecule has 2 rings (SSSR count). The number of benzene rings is 2. The summed E-state index contributed by atoms with van der Waals surface area (Å²) in [7, 11) is 0. The second-order valence-electron chi connectivity index (χ2n) is 4.33. The Kier molecular flexibility index (Phi) is 5.36. The van der Waals surface area contributed by atoms with E-state index in [1.165, 1.54) is 0 Å². The number of hydrogen-bond donors (Lipinski definition) is 0. The molecule has 4 nitrogen and oxygen atoms in total. The molecule has 0 aliphatic carbocycles. The van der Waals surface area contributed by atoms with E-state index in [0.29, 0.717) is 23.7 Å². The van der Waals surface area contributed by atoms with Crippen molar-refractivity contribution >= 4 is 6.21 Å². The highest BCUT2D eigenvalue weighted by Gasteiger charge is 2.06. The molecule has 21 heavy (non-hydrogen) atoms. The lowest BCUT2D eigenvalue weighted by Gasteiger charge is -2.08. The fourth-order valence-electron chi connectivity index (χ4n) is 1.67. The summed E-state index contributed by atoms with van der Waals surface area (Å²) in [5.74, 6) is 1.03. The van der Waals surface area contributed by atoms with Crippen molar-refractivity contribution in [2.75, 3.05) is 0 Å². The van der Waals surface area contributed by atoms with Crippen molar-refractivity contribution < 1.29 is 9.57 Å². The van der Waals surface area contributed by atoms with Crippen molar-refractivity contribution in [2.45, 2.75) is 20.0 Å². The molecule has 0 saturated carbocycles. The molecule has 0 spiro atoms. The summed E-state index contributed by atoms with van der Waals surface area (Å²) in [5, 5.41) is 12.8. The Morgan fingerprint density at radius 2 is 2.00 bits per heavy atom. The first-order valence-corrected chi connectivity index (χ1v) is 6.73. The average molecular weight is 280 g/mol. The molecule has 0 aliphatic rings. The maximum atomic E-state index is 9.05. The van der Waals surface area contributed by atoms with Crippen molar-refractivity contribution in [3.8, 4) is 17.6 Å². The molecule has 0 radical (unpaired) electrons. The third kappa shape index (κ3) is 4.36. The predicted octanol–water partition coefficient (Wildman–Crippen LogP) is 3.91. The van der Waals surface area contributed by atoms with Gasteiger partial charge in [-0.05, 0) is 24.1 Å². The predicted molar refractivity (Wildman–Crippen MR) is 81.3 cm³/mol. The molecule has 0 bridgehead atoms. The minimum atomic E-state index is 0.396. The molecule has 0 heterocycles. The van der Waals surface area contributed by atoms with Crippen LogP contribution in [0, 0.1) is 11.3 Å². The minimum absolute atomic E-state index is 0.396. The first kappa shape index (κ1) is 14.6. The van der Waals surface area contributed by atoms with Gasteiger partial charge in [0.1, 0.15) is 18.4 Å². The fourth-order valence-corrected chi connectivity index (χ4v) is 1.67. The van der Waals surface area contributed by atoms with Crippen LogP contribution in [0.1, 0.15) is 24.5 Å². The monoisotopic (exact) mass is 280 g/mol. The molecular weight excluding hydrogens is 264 g/mol. The van der Waals surface area contributed by atoms with Crippen molar-refractivity contribution in [1.82, 2.24) is 0 Å². The van der Waals surface area contributed by atoms with Crippen LogP contribution >= 0.6 is 0 Å². The summed E-state index contributed by atoms with van der Waals surface area (Å²) in [6.45, 7) is 2.42. The average Bonchev–Trinajstić information content (AvgIpc) is 2.54. The maximum Gasteiger partial charge on any atom is 0.179 e. The zero-order chi connectivity index (χ0) is 14.9. The Morgan fingerprint density at radius 3 is 2.71 bits per heavy atom. The van der Waals surface area contributed by atoms with Crippen molar-refractivity contribution in [1.29, 1.82) is 5.26 Å². The summed E-state index contributed by atoms with van der Waals surface area (Å²) in [5.41, 5.74) is 1.50. The molecule has 4 heteroatoms. The van der Waals surface area contributed by atoms with E-state index < -0.39 is 0 Å². The molecule has 0 unspecified atom stereocenters. The van der Waals surface area contributed by atoms with Gasteiger partial charge in [0.15, 0.2) is 5.75 Å². The number of ether oxygens (including phenoxy) is 1. The van der Waals surface area contributed by atoms with Gasteiger partial charge in [-0.25, -0.2) is 0 Å². The number of hydrogen-bond acceptors (Lipinski definition) is 4. The summed E-state index contributed by atoms with van der Waals surface area (Å²) in [4.78, 5) is 5.23. The van der Waals surface area contributed by atoms with Gasteiger partial charge in [0.25, 0.3) is 0 Å². The molecule has 106 valence electrons. The van der Waals surface area contributed by atoms with Crippen LogP contribution in [0.5, 0.6) is 11.5 Å². The van der Waals surface area contributed by atoms with Crippen molar-refractivity contribution in [2.24, 2.45) is 5.16 Å². The Labute approximate surface area is 124 Å². The summed E-state index contributed by atoms with van der Waals surface area (Å²) in [6, 6.07) is 17.0. The standard InChI is InChI=1S/C17H16N2O2/c1-2-10-19-21-17-11-16(9-8-15(17)12-18)20-13-14-6-4-3-5-7-14/h3-11H,2,13H2,1H3. The van der Waals surface area contributed by atoms with E-state index >= 15 is 0 Å². The van der Waals surface area contributed by atoms with E-state index in [1.807, 2.05) is 37.3 Å². The molecule has 2 aromatic rings. The lowest BCUT2D eigenvalue weighted by molar-refractivity contribution is 0.299. The van der Waals surface area contributed by atoms with Crippen LogP contribution in [0.15, 0.2) is 53.7 Å². The minimum Gasteiger partial charge on any atom is -0.489 e. The largest absolute Gasteiger partial charge is 0.489 e. The van der Waals surface area contributed by atoms with Crippen LogP contribution in [0.25, 0.3) is 0 Å². The van der Waals surface area contributed by atoms with E-state index in [-0.39, 0.29) is 0 Å². The van der Waals surface area contributed by atoms with Gasteiger partial charge in [-0.3, -0.25) is 0 Å². The molecule has 0 saturated heterocycles. The molecule has 0 fully saturated rings. The first-order valence-electron chi connectivity index (χ1n) is 6.73. The molecular formula is C17H16N2O2. The van der Waals surface area contributed by atoms with Gasteiger partial charge in [-0.2, -0.15) is 5.26 Å². The Morgan fingerprint density at radius 1 is 1.19 bits per heavy atom. The Hall–Kier alpha value is -2.80. The number of oxime groups is 1. The van der Waals surface area contributed by atoms with E-state index in [0.717, 1.165) is 12.0 Å². The van der Waals surface area contributed by atoms with Crippen LogP contribution in [-0.4, -0.2) is 6.21 Å². The zero-order valence-corrected chi connectivity index (χ0v) is 11.8. The summed E-state index contributed by atoms with van der Waals surface area (Å²) < 4.78 is 5.70. The third-order valence-corrected chi connectivity index (χ3v) is 2.73. The maximum absolute atomic E-state index is 9.05. The molecule has 2 aromatic carbocycles. The van der Waals surface area contributed by atoms with Gasteiger partial charge in [0, 0.05) is 12.3 Å². The zero-order valence-electron chi connectivity index (χ0n) is 11.8. The van der Waals surface area contributed by atoms with Gasteiger partial charge in [0.05, 0.1) is 5.56 Å². The van der Waals surface area contributed by atoms with Gasteiger partial charge in [-0.15, -0.1) is 0 Å². The third-order valence-electron chi connectivity index (χ3n) is 2.73. The smallest absolute Gasteiger partial charge is 0.179 e. The second-order valence-corrected chi connectivity index (χ2v) is 4.33. The van der Waals surface area contributed by atoms with Crippen LogP contribution in [0.2, 0.25) is 0 Å². The quantitative estimate of drug-likeness (QED) is 0.595. The molecule has 0 amide bonds. The topological polar surface area (TPSA) is 54.6 Å². The number of nitriles is 1. The van der Waals surface area contributed by atoms with Gasteiger partial charge >= 0.3 is 0 Å². The van der Waals surface area contributed by atoms with Crippen molar-refractivity contribution in [3.63, 3.8) is 0 Å². The summed E-state index contributed by atoms with van der Waals surface area (Å²) >= 11 is 0. The highest BCUT2D eigenvalue weighted by Crippen LogP contribution is 2.25. The molecule has 0 aromatic heterocycles. The fraction of sp³-hybridized carbons (Fsp3) is 0.176. The highest BCUT2D eigenvalue weighted by atomic mass is 16.6. The Balaban J connectivity index is 2.08. The van der Waals surface area contributed by atoms with Crippen LogP contribution in [0.3, 0.4) is 0 Å². The van der Waals surface area contributed by atoms with Crippen LogP contribution < -0.4 is 9.57 Å². The summed E-state index contributed by atoms with van der Waals surface area (Å²) in [6.07, 6.45) is 2.41. The number of nitrogens with zero attached hydrogens (tertiary/aromatic N) is 2. The lowest BCUT2D eigenvalue weighted by Crippen LogP contribution is -1.96. The molecule has 0 aliphatic heterocycles. The van der Waals surface area contributed by atoms with Crippen LogP contribution in [0.4, 0.5) is 0 Å². The van der Waals surface area contributed by atoms with Gasteiger partial charge < -0.3 is 9.57 Å². The van der Waals surface area contributed by atoms with E-state index in [4.69, 9.17) is 14.8 Å². The molecule has 0 atom stereocenters. The first-order chi connectivity index (χ1) is 10.3. The van der Waals surface area contributed by atoms with E-state index in [2.05, 4.69) is 11.2 Å². The normalized spacial score (nSPS) is 10.3.